The van der Waals surface area contributed by atoms with E-state index in [0.717, 1.165) is 6.42 Å². The molecule has 17 heavy (non-hydrogen) atoms. The Kier molecular flexibility index (Phi) is 5.80. The molecule has 1 N–H and O–H groups in total. The number of aliphatic hydroxyl groups excluding tert-OH is 1. The second-order valence-electron chi connectivity index (χ2n) is 3.73. The van der Waals surface area contributed by atoms with E-state index in [1.54, 1.807) is 18.0 Å². The van der Waals surface area contributed by atoms with Crippen LogP contribution >= 0.6 is 15.9 Å². The van der Waals surface area contributed by atoms with Crippen molar-refractivity contribution < 1.29 is 14.6 Å². The Morgan fingerprint density at radius 1 is 1.71 bits per heavy atom. The van der Waals surface area contributed by atoms with Gasteiger partial charge in [0.25, 0.3) is 0 Å². The van der Waals surface area contributed by atoms with Crippen molar-refractivity contribution >= 4 is 21.7 Å². The first-order chi connectivity index (χ1) is 8.11. The maximum atomic E-state index is 12.0. The lowest BCUT2D eigenvalue weighted by atomic mass is 10.1. The van der Waals surface area contributed by atoms with Crippen LogP contribution in [0.3, 0.4) is 0 Å². The number of aromatic nitrogens is 2. The number of nitrogens with zero attached hydrogens (tertiary/aromatic N) is 2. The van der Waals surface area contributed by atoms with Crippen LogP contribution in [0, 0.1) is 0 Å². The first kappa shape index (κ1) is 14.3. The molecule has 0 bridgehead atoms. The number of hydrogen-bond acceptors (Lipinski definition) is 4. The highest BCUT2D eigenvalue weighted by Gasteiger charge is 2.23. The molecule has 0 amide bonds. The van der Waals surface area contributed by atoms with Crippen molar-refractivity contribution in [3.8, 4) is 0 Å². The van der Waals surface area contributed by atoms with Gasteiger partial charge in [-0.2, -0.15) is 5.10 Å². The summed E-state index contributed by atoms with van der Waals surface area (Å²) >= 11 is 3.27. The average Bonchev–Trinajstić information content (AvgIpc) is 2.67. The maximum absolute atomic E-state index is 12.0. The quantitative estimate of drug-likeness (QED) is 0.778. The molecule has 1 rings (SSSR count). The first-order valence-electron chi connectivity index (χ1n) is 5.54. The van der Waals surface area contributed by atoms with Crippen LogP contribution in [0.2, 0.25) is 0 Å². The van der Waals surface area contributed by atoms with Crippen molar-refractivity contribution in [2.24, 2.45) is 0 Å². The van der Waals surface area contributed by atoms with Crippen LogP contribution in [0.1, 0.15) is 30.3 Å². The van der Waals surface area contributed by atoms with Crippen molar-refractivity contribution in [3.05, 3.63) is 16.4 Å². The van der Waals surface area contributed by atoms with Gasteiger partial charge in [-0.05, 0) is 22.4 Å². The molecule has 0 fully saturated rings. The molecule has 0 aliphatic carbocycles. The van der Waals surface area contributed by atoms with Crippen molar-refractivity contribution in [2.45, 2.75) is 32.4 Å². The van der Waals surface area contributed by atoms with Gasteiger partial charge in [-0.15, -0.1) is 0 Å². The van der Waals surface area contributed by atoms with Gasteiger partial charge >= 0.3 is 0 Å². The van der Waals surface area contributed by atoms with Crippen LogP contribution in [0.5, 0.6) is 0 Å². The lowest BCUT2D eigenvalue weighted by molar-refractivity contribution is 0.0713. The van der Waals surface area contributed by atoms with E-state index < -0.39 is 6.10 Å². The summed E-state index contributed by atoms with van der Waals surface area (Å²) in [6, 6.07) is 0. The largest absolute Gasteiger partial charge is 0.385 e. The average molecular weight is 305 g/mol. The molecular weight excluding hydrogens is 288 g/mol. The summed E-state index contributed by atoms with van der Waals surface area (Å²) in [5.74, 6) is -0.299. The number of rotatable bonds is 7. The van der Waals surface area contributed by atoms with Crippen molar-refractivity contribution in [3.63, 3.8) is 0 Å². The monoisotopic (exact) mass is 304 g/mol. The summed E-state index contributed by atoms with van der Waals surface area (Å²) in [6.07, 6.45) is 1.81. The van der Waals surface area contributed by atoms with Gasteiger partial charge in [0, 0.05) is 7.11 Å². The normalized spacial score (nSPS) is 12.7. The predicted molar refractivity (Wildman–Crippen MR) is 67.0 cm³/mol. The second-order valence-corrected chi connectivity index (χ2v) is 4.58. The zero-order valence-electron chi connectivity index (χ0n) is 10.0. The fourth-order valence-corrected chi connectivity index (χ4v) is 2.01. The summed E-state index contributed by atoms with van der Waals surface area (Å²) in [5, 5.41) is 13.8. The van der Waals surface area contributed by atoms with Crippen molar-refractivity contribution in [1.82, 2.24) is 9.78 Å². The lowest BCUT2D eigenvalue weighted by Crippen LogP contribution is -2.24. The fraction of sp³-hybridized carbons (Fsp3) is 0.636. The van der Waals surface area contributed by atoms with Gasteiger partial charge in [0.05, 0.1) is 23.8 Å². The van der Waals surface area contributed by atoms with E-state index in [0.29, 0.717) is 29.7 Å². The summed E-state index contributed by atoms with van der Waals surface area (Å²) in [4.78, 5) is 12.0. The Hall–Kier alpha value is -0.720. The van der Waals surface area contributed by atoms with Crippen LogP contribution in [0.25, 0.3) is 0 Å². The lowest BCUT2D eigenvalue weighted by Gasteiger charge is -2.11. The predicted octanol–water partition coefficient (Wildman–Crippen LogP) is 1.64. The molecule has 0 aliphatic heterocycles. The third-order valence-electron chi connectivity index (χ3n) is 2.40. The number of methoxy groups -OCH3 is 1. The second kappa shape index (κ2) is 6.88. The zero-order valence-corrected chi connectivity index (χ0v) is 11.6. The highest BCUT2D eigenvalue weighted by atomic mass is 79.9. The molecule has 0 aromatic carbocycles. The minimum Gasteiger partial charge on any atom is -0.385 e. The third-order valence-corrected chi connectivity index (χ3v) is 2.98. The molecule has 1 aromatic heterocycles. The van der Waals surface area contributed by atoms with E-state index in [4.69, 9.17) is 4.74 Å². The van der Waals surface area contributed by atoms with Crippen LogP contribution in [0.15, 0.2) is 10.7 Å². The van der Waals surface area contributed by atoms with Gasteiger partial charge in [0.1, 0.15) is 11.8 Å². The molecule has 0 saturated carbocycles. The number of aliphatic hydroxyl groups is 1. The Morgan fingerprint density at radius 2 is 2.41 bits per heavy atom. The maximum Gasteiger partial charge on any atom is 0.210 e. The van der Waals surface area contributed by atoms with E-state index in [-0.39, 0.29) is 5.78 Å². The van der Waals surface area contributed by atoms with E-state index in [2.05, 4.69) is 21.0 Å². The number of halogens is 1. The Balaban J connectivity index is 2.87. The molecule has 5 nitrogen and oxygen atoms in total. The molecule has 1 aromatic rings. The van der Waals surface area contributed by atoms with Gasteiger partial charge in [0.15, 0.2) is 0 Å². The third kappa shape index (κ3) is 3.62. The van der Waals surface area contributed by atoms with E-state index >= 15 is 0 Å². The van der Waals surface area contributed by atoms with Gasteiger partial charge < -0.3 is 9.84 Å². The van der Waals surface area contributed by atoms with Gasteiger partial charge in [0.2, 0.25) is 5.78 Å². The number of Topliss-reactive ketones (excluding diaryl/α,β-unsaturated/α-hetero) is 1. The smallest absolute Gasteiger partial charge is 0.210 e. The van der Waals surface area contributed by atoms with Crippen molar-refractivity contribution in [2.75, 3.05) is 13.7 Å². The van der Waals surface area contributed by atoms with E-state index in [1.165, 1.54) is 0 Å². The highest BCUT2D eigenvalue weighted by Crippen LogP contribution is 2.19. The van der Waals surface area contributed by atoms with Crippen LogP contribution in [0.4, 0.5) is 0 Å². The minimum absolute atomic E-state index is 0.299. The summed E-state index contributed by atoms with van der Waals surface area (Å²) in [5.41, 5.74) is 0.406. The van der Waals surface area contributed by atoms with E-state index in [9.17, 15) is 9.90 Å². The van der Waals surface area contributed by atoms with Crippen LogP contribution < -0.4 is 0 Å². The zero-order chi connectivity index (χ0) is 12.8. The molecular formula is C11H17BrN2O3. The van der Waals surface area contributed by atoms with Gasteiger partial charge in [-0.3, -0.25) is 9.48 Å². The molecule has 6 heteroatoms. The van der Waals surface area contributed by atoms with Gasteiger partial charge in [-0.1, -0.05) is 13.3 Å². The Morgan fingerprint density at radius 3 is 3.00 bits per heavy atom. The standard InChI is InChI=1S/C11H17BrN2O3/c1-3-4-9(15)11(16)10-8(12)7-13-14(10)5-6-17-2/h7,9,15H,3-6H2,1-2H3. The SMILES string of the molecule is CCCC(O)C(=O)c1c(Br)cnn1CCOC. The molecule has 96 valence electrons. The van der Waals surface area contributed by atoms with Crippen LogP contribution in [-0.2, 0) is 11.3 Å². The Bertz CT molecular complexity index is 379. The molecule has 1 atom stereocenters. The number of hydrogen-bond donors (Lipinski definition) is 1. The van der Waals surface area contributed by atoms with Gasteiger partial charge in [-0.25, -0.2) is 0 Å². The first-order valence-corrected chi connectivity index (χ1v) is 6.33. The summed E-state index contributed by atoms with van der Waals surface area (Å²) in [7, 11) is 1.59. The Labute approximate surface area is 109 Å². The number of carbonyl (C=O) groups excluding carboxylic acids is 1. The molecule has 1 heterocycles. The van der Waals surface area contributed by atoms with E-state index in [1.807, 2.05) is 6.92 Å². The summed E-state index contributed by atoms with van der Waals surface area (Å²) in [6.45, 7) is 2.88. The fourth-order valence-electron chi connectivity index (χ4n) is 1.52. The number of ketones is 1. The summed E-state index contributed by atoms with van der Waals surface area (Å²) < 4.78 is 7.10. The van der Waals surface area contributed by atoms with Crippen LogP contribution in [-0.4, -0.2) is 40.5 Å². The topological polar surface area (TPSA) is 64.3 Å². The molecule has 0 aliphatic rings. The molecule has 0 saturated heterocycles. The molecule has 1 unspecified atom stereocenters. The minimum atomic E-state index is -0.964. The number of ether oxygens (including phenoxy) is 1. The molecule has 0 spiro atoms. The number of carbonyl (C=O) groups is 1. The van der Waals surface area contributed by atoms with Crippen molar-refractivity contribution in [1.29, 1.82) is 0 Å². The highest BCUT2D eigenvalue weighted by molar-refractivity contribution is 9.10. The molecule has 0 radical (unpaired) electrons.